The fourth-order valence-corrected chi connectivity index (χ4v) is 1.40. The van der Waals surface area contributed by atoms with Crippen LogP contribution in [0.25, 0.3) is 0 Å². The first-order valence-electron chi connectivity index (χ1n) is 4.24. The summed E-state index contributed by atoms with van der Waals surface area (Å²) < 4.78 is 25.8. The van der Waals surface area contributed by atoms with Crippen LogP contribution in [0.2, 0.25) is 0 Å². The third kappa shape index (κ3) is 1.99. The number of aliphatic hydroxyl groups is 1. The lowest BCUT2D eigenvalue weighted by Crippen LogP contribution is -2.17. The Morgan fingerprint density at radius 3 is 2.40 bits per heavy atom. The van der Waals surface area contributed by atoms with Crippen molar-refractivity contribution in [1.82, 2.24) is 4.57 Å². The van der Waals surface area contributed by atoms with Crippen molar-refractivity contribution in [2.45, 2.75) is 19.5 Å². The molecule has 0 amide bonds. The van der Waals surface area contributed by atoms with E-state index in [0.29, 0.717) is 0 Å². The molecule has 0 aliphatic rings. The SMILES string of the molecule is CC(O)c1c(O)c(=O)c(C(F)F)cn1C. The van der Waals surface area contributed by atoms with Gasteiger partial charge in [-0.2, -0.15) is 0 Å². The molecule has 1 atom stereocenters. The van der Waals surface area contributed by atoms with Gasteiger partial charge in [-0.05, 0) is 6.92 Å². The lowest BCUT2D eigenvalue weighted by atomic mass is 10.1. The Labute approximate surface area is 84.4 Å². The molecule has 0 aliphatic carbocycles. The molecule has 15 heavy (non-hydrogen) atoms. The fourth-order valence-electron chi connectivity index (χ4n) is 1.40. The van der Waals surface area contributed by atoms with Crippen molar-refractivity contribution in [3.05, 3.63) is 27.7 Å². The van der Waals surface area contributed by atoms with Crippen LogP contribution in [0, 0.1) is 0 Å². The maximum Gasteiger partial charge on any atom is 0.269 e. The Morgan fingerprint density at radius 2 is 2.00 bits per heavy atom. The highest BCUT2D eigenvalue weighted by atomic mass is 19.3. The summed E-state index contributed by atoms with van der Waals surface area (Å²) in [5.74, 6) is -0.828. The van der Waals surface area contributed by atoms with Gasteiger partial charge in [0.1, 0.15) is 0 Å². The average Bonchev–Trinajstić information content (AvgIpc) is 2.10. The molecule has 1 unspecified atom stereocenters. The van der Waals surface area contributed by atoms with Gasteiger partial charge in [-0.15, -0.1) is 0 Å². The van der Waals surface area contributed by atoms with E-state index in [2.05, 4.69) is 0 Å². The maximum absolute atomic E-state index is 12.3. The van der Waals surface area contributed by atoms with E-state index in [1.807, 2.05) is 0 Å². The molecule has 1 aromatic heterocycles. The van der Waals surface area contributed by atoms with Crippen molar-refractivity contribution < 1.29 is 19.0 Å². The molecule has 6 heteroatoms. The summed E-state index contributed by atoms with van der Waals surface area (Å²) in [4.78, 5) is 11.2. The predicted octanol–water partition coefficient (Wildman–Crippen LogP) is 1.08. The van der Waals surface area contributed by atoms with E-state index < -0.39 is 29.3 Å². The predicted molar refractivity (Wildman–Crippen MR) is 48.9 cm³/mol. The third-order valence-corrected chi connectivity index (χ3v) is 2.06. The van der Waals surface area contributed by atoms with Crippen LogP contribution in [0.15, 0.2) is 11.0 Å². The molecule has 84 valence electrons. The number of halogens is 2. The summed E-state index contributed by atoms with van der Waals surface area (Å²) in [7, 11) is 1.37. The monoisotopic (exact) mass is 219 g/mol. The number of hydrogen-bond acceptors (Lipinski definition) is 3. The Morgan fingerprint density at radius 1 is 1.47 bits per heavy atom. The van der Waals surface area contributed by atoms with Gasteiger partial charge in [0.05, 0.1) is 17.4 Å². The van der Waals surface area contributed by atoms with E-state index in [4.69, 9.17) is 0 Å². The van der Waals surface area contributed by atoms with Gasteiger partial charge in [0.2, 0.25) is 5.43 Å². The molecule has 0 spiro atoms. The van der Waals surface area contributed by atoms with Crippen LogP contribution in [0.4, 0.5) is 8.78 Å². The summed E-state index contributed by atoms with van der Waals surface area (Å²) in [6.07, 6.45) is -3.14. The second-order valence-electron chi connectivity index (χ2n) is 3.23. The minimum atomic E-state index is -2.95. The second-order valence-corrected chi connectivity index (χ2v) is 3.23. The Balaban J connectivity index is 3.52. The molecule has 2 N–H and O–H groups in total. The summed E-state index contributed by atoms with van der Waals surface area (Å²) in [5, 5.41) is 18.6. The standard InChI is InChI=1S/C9H11F2NO3/c1-4(13)6-8(15)7(14)5(9(10)11)3-12(6)2/h3-4,9,13,15H,1-2H3. The first-order chi connectivity index (χ1) is 6.86. The number of aromatic hydroxyl groups is 1. The molecular formula is C9H11F2NO3. The molecule has 0 bridgehead atoms. The van der Waals surface area contributed by atoms with Crippen molar-refractivity contribution in [2.24, 2.45) is 7.05 Å². The van der Waals surface area contributed by atoms with Crippen molar-refractivity contribution in [3.63, 3.8) is 0 Å². The van der Waals surface area contributed by atoms with Gasteiger partial charge in [-0.3, -0.25) is 4.79 Å². The highest BCUT2D eigenvalue weighted by molar-refractivity contribution is 5.33. The van der Waals surface area contributed by atoms with Crippen molar-refractivity contribution in [1.29, 1.82) is 0 Å². The maximum atomic E-state index is 12.3. The van der Waals surface area contributed by atoms with Crippen LogP contribution < -0.4 is 5.43 Å². The van der Waals surface area contributed by atoms with Crippen LogP contribution in [0.5, 0.6) is 5.75 Å². The molecule has 0 aromatic carbocycles. The topological polar surface area (TPSA) is 62.5 Å². The third-order valence-electron chi connectivity index (χ3n) is 2.06. The van der Waals surface area contributed by atoms with Gasteiger partial charge in [0.25, 0.3) is 6.43 Å². The van der Waals surface area contributed by atoms with Gasteiger partial charge in [-0.25, -0.2) is 8.78 Å². The van der Waals surface area contributed by atoms with Crippen LogP contribution >= 0.6 is 0 Å². The Kier molecular flexibility index (Phi) is 3.09. The van der Waals surface area contributed by atoms with E-state index in [0.717, 1.165) is 10.8 Å². The van der Waals surface area contributed by atoms with Crippen LogP contribution in [-0.4, -0.2) is 14.8 Å². The van der Waals surface area contributed by atoms with Gasteiger partial charge in [0.15, 0.2) is 5.75 Å². The molecule has 0 fully saturated rings. The highest BCUT2D eigenvalue weighted by Gasteiger charge is 2.21. The largest absolute Gasteiger partial charge is 0.503 e. The van der Waals surface area contributed by atoms with E-state index in [1.165, 1.54) is 14.0 Å². The molecular weight excluding hydrogens is 208 g/mol. The lowest BCUT2D eigenvalue weighted by Gasteiger charge is -2.14. The second kappa shape index (κ2) is 3.98. The molecule has 1 aromatic rings. The summed E-state index contributed by atoms with van der Waals surface area (Å²) in [6, 6.07) is 0. The van der Waals surface area contributed by atoms with Gasteiger partial charge >= 0.3 is 0 Å². The van der Waals surface area contributed by atoms with E-state index in [1.54, 1.807) is 0 Å². The van der Waals surface area contributed by atoms with Crippen LogP contribution in [-0.2, 0) is 7.05 Å². The first kappa shape index (κ1) is 11.6. The number of rotatable bonds is 2. The molecule has 0 saturated heterocycles. The van der Waals surface area contributed by atoms with Gasteiger partial charge in [0, 0.05) is 13.2 Å². The molecule has 0 radical (unpaired) electrons. The average molecular weight is 219 g/mol. The van der Waals surface area contributed by atoms with Crippen LogP contribution in [0.3, 0.4) is 0 Å². The molecule has 1 heterocycles. The number of alkyl halides is 2. The molecule has 0 saturated carbocycles. The minimum Gasteiger partial charge on any atom is -0.503 e. The van der Waals surface area contributed by atoms with Crippen LogP contribution in [0.1, 0.15) is 30.7 Å². The molecule has 1 rings (SSSR count). The summed E-state index contributed by atoms with van der Waals surface area (Å²) in [6.45, 7) is 1.33. The smallest absolute Gasteiger partial charge is 0.269 e. The van der Waals surface area contributed by atoms with Crippen molar-refractivity contribution in [2.75, 3.05) is 0 Å². The number of nitrogens with zero attached hydrogens (tertiary/aromatic N) is 1. The quantitative estimate of drug-likeness (QED) is 0.782. The van der Waals surface area contributed by atoms with E-state index in [9.17, 15) is 23.8 Å². The van der Waals surface area contributed by atoms with Gasteiger partial charge < -0.3 is 14.8 Å². The Bertz CT molecular complexity index is 426. The van der Waals surface area contributed by atoms with Gasteiger partial charge in [-0.1, -0.05) is 0 Å². The fraction of sp³-hybridized carbons (Fsp3) is 0.444. The highest BCUT2D eigenvalue weighted by Crippen LogP contribution is 2.23. The summed E-state index contributed by atoms with van der Waals surface area (Å²) >= 11 is 0. The summed E-state index contributed by atoms with van der Waals surface area (Å²) in [5.41, 5.74) is -2.00. The number of pyridine rings is 1. The number of aryl methyl sites for hydroxylation is 1. The minimum absolute atomic E-state index is 0.0793. The molecule has 4 nitrogen and oxygen atoms in total. The zero-order valence-corrected chi connectivity index (χ0v) is 8.24. The zero-order valence-electron chi connectivity index (χ0n) is 8.24. The van der Waals surface area contributed by atoms with Crippen molar-refractivity contribution in [3.8, 4) is 5.75 Å². The zero-order chi connectivity index (χ0) is 11.7. The Hall–Kier alpha value is -1.43. The number of hydrogen-bond donors (Lipinski definition) is 2. The number of aliphatic hydroxyl groups excluding tert-OH is 1. The lowest BCUT2D eigenvalue weighted by molar-refractivity contribution is 0.146. The number of aromatic nitrogens is 1. The van der Waals surface area contributed by atoms with E-state index in [-0.39, 0.29) is 5.69 Å². The first-order valence-corrected chi connectivity index (χ1v) is 4.24. The van der Waals surface area contributed by atoms with E-state index >= 15 is 0 Å². The van der Waals surface area contributed by atoms with Crippen molar-refractivity contribution >= 4 is 0 Å². The molecule has 0 aliphatic heterocycles. The normalized spacial score (nSPS) is 13.2.